The Morgan fingerprint density at radius 2 is 0.851 bits per heavy atom. The van der Waals surface area contributed by atoms with Crippen molar-refractivity contribution in [2.75, 3.05) is 40.9 Å². The summed E-state index contributed by atoms with van der Waals surface area (Å²) >= 11 is 0. The Balaban J connectivity index is 5.25. The van der Waals surface area contributed by atoms with Gasteiger partial charge in [0.25, 0.3) is 7.82 Å². The molecule has 0 aromatic heterocycles. The number of hydrogen-bond donors (Lipinski definition) is 1. The predicted octanol–water partition coefficient (Wildman–Crippen LogP) is 16.6. The predicted molar refractivity (Wildman–Crippen MR) is 284 cm³/mol. The number of quaternary nitrogens is 1. The van der Waals surface area contributed by atoms with Crippen LogP contribution in [0.3, 0.4) is 0 Å². The minimum absolute atomic E-state index is 0.0171. The second-order valence-corrected chi connectivity index (χ2v) is 22.6. The minimum atomic E-state index is -4.68. The normalized spacial score (nSPS) is 13.8. The highest BCUT2D eigenvalue weighted by Crippen LogP contribution is 2.38. The van der Waals surface area contributed by atoms with E-state index in [4.69, 9.17) is 13.8 Å². The third kappa shape index (κ3) is 49.5. The highest BCUT2D eigenvalue weighted by atomic mass is 31.2. The van der Waals surface area contributed by atoms with Crippen molar-refractivity contribution < 1.29 is 37.3 Å². The number of unbranched alkanes of at least 4 members (excludes halogenated alkanes) is 37. The monoisotopic (exact) mass is 969 g/mol. The number of carbonyl (C=O) groups is 2. The van der Waals surface area contributed by atoms with E-state index in [9.17, 15) is 19.0 Å². The van der Waals surface area contributed by atoms with Crippen molar-refractivity contribution in [3.8, 4) is 0 Å². The summed E-state index contributed by atoms with van der Waals surface area (Å²) in [5, 5.41) is 3.03. The van der Waals surface area contributed by atoms with Gasteiger partial charge in [-0.3, -0.25) is 14.2 Å². The molecule has 3 atom stereocenters. The highest BCUT2D eigenvalue weighted by molar-refractivity contribution is 7.45. The van der Waals surface area contributed by atoms with Gasteiger partial charge in [-0.2, -0.15) is 0 Å². The van der Waals surface area contributed by atoms with Crippen LogP contribution in [0.25, 0.3) is 0 Å². The summed E-state index contributed by atoms with van der Waals surface area (Å²) in [6.07, 6.45) is 53.1. The van der Waals surface area contributed by atoms with Crippen molar-refractivity contribution in [2.45, 2.75) is 303 Å². The molecule has 0 aliphatic rings. The van der Waals surface area contributed by atoms with Crippen molar-refractivity contribution in [1.29, 1.82) is 0 Å². The first kappa shape index (κ1) is 65.8. The van der Waals surface area contributed by atoms with E-state index in [1.165, 1.54) is 199 Å². The lowest BCUT2D eigenvalue weighted by atomic mass is 10.0. The molecule has 0 fully saturated rings. The molecule has 0 bridgehead atoms. The van der Waals surface area contributed by atoms with Crippen molar-refractivity contribution in [2.24, 2.45) is 0 Å². The van der Waals surface area contributed by atoms with E-state index < -0.39 is 20.0 Å². The van der Waals surface area contributed by atoms with E-state index in [1.807, 2.05) is 33.3 Å². The summed E-state index contributed by atoms with van der Waals surface area (Å²) in [4.78, 5) is 39.8. The molecule has 0 spiro atoms. The number of carbonyl (C=O) groups excluding carboxylic acids is 2. The Hall–Kier alpha value is -1.25. The van der Waals surface area contributed by atoms with Crippen LogP contribution in [0.5, 0.6) is 0 Å². The summed E-state index contributed by atoms with van der Waals surface area (Å²) in [5.41, 5.74) is 0. The molecule has 0 saturated carbocycles. The number of allylic oxidation sites excluding steroid dienone is 1. The molecular weight excluding hydrogens is 856 g/mol. The molecule has 0 saturated heterocycles. The van der Waals surface area contributed by atoms with Crippen molar-refractivity contribution in [3.05, 3.63) is 12.2 Å². The van der Waals surface area contributed by atoms with Gasteiger partial charge >= 0.3 is 5.97 Å². The van der Waals surface area contributed by atoms with Gasteiger partial charge in [0, 0.05) is 12.8 Å². The van der Waals surface area contributed by atoms with E-state index >= 15 is 0 Å². The second kappa shape index (κ2) is 48.4. The number of esters is 1. The maximum absolute atomic E-state index is 13.5. The van der Waals surface area contributed by atoms with Crippen LogP contribution in [0.2, 0.25) is 0 Å². The zero-order valence-electron chi connectivity index (χ0n) is 45.4. The number of hydrogen-bond acceptors (Lipinski definition) is 7. The van der Waals surface area contributed by atoms with Gasteiger partial charge < -0.3 is 28.5 Å². The van der Waals surface area contributed by atoms with Crippen LogP contribution in [-0.4, -0.2) is 69.4 Å². The number of likely N-dealkylation sites (N-methyl/N-ethyl adjacent to an activating group) is 1. The van der Waals surface area contributed by atoms with Crippen LogP contribution in [0.1, 0.15) is 290 Å². The van der Waals surface area contributed by atoms with Gasteiger partial charge in [0.15, 0.2) is 0 Å². The number of ether oxygens (including phenoxy) is 1. The quantitative estimate of drug-likeness (QED) is 0.0212. The average Bonchev–Trinajstić information content (AvgIpc) is 3.28. The molecule has 1 amide bonds. The third-order valence-corrected chi connectivity index (χ3v) is 14.2. The lowest BCUT2D eigenvalue weighted by molar-refractivity contribution is -0.870. The zero-order chi connectivity index (χ0) is 49.4. The molecule has 0 rings (SSSR count). The molecule has 0 aliphatic carbocycles. The van der Waals surface area contributed by atoms with Gasteiger partial charge in [-0.15, -0.1) is 0 Å². The first-order valence-corrected chi connectivity index (χ1v) is 30.5. The summed E-state index contributed by atoms with van der Waals surface area (Å²) in [6.45, 7) is 6.87. The van der Waals surface area contributed by atoms with Crippen LogP contribution in [-0.2, 0) is 27.9 Å². The maximum atomic E-state index is 13.5. The van der Waals surface area contributed by atoms with Crippen LogP contribution >= 0.6 is 7.82 Å². The first-order valence-electron chi connectivity index (χ1n) is 29.0. The fourth-order valence-electron chi connectivity index (χ4n) is 8.70. The van der Waals surface area contributed by atoms with Gasteiger partial charge in [0.05, 0.1) is 33.8 Å². The number of nitrogens with one attached hydrogen (secondary N) is 1. The first-order chi connectivity index (χ1) is 32.4. The van der Waals surface area contributed by atoms with Gasteiger partial charge in [0.1, 0.15) is 19.3 Å². The van der Waals surface area contributed by atoms with Gasteiger partial charge in [-0.25, -0.2) is 0 Å². The average molecular weight is 970 g/mol. The number of phosphoric ester groups is 1. The Labute approximate surface area is 416 Å². The van der Waals surface area contributed by atoms with Gasteiger partial charge in [-0.1, -0.05) is 258 Å². The van der Waals surface area contributed by atoms with Crippen LogP contribution in [0.15, 0.2) is 12.2 Å². The van der Waals surface area contributed by atoms with E-state index in [0.29, 0.717) is 17.4 Å². The largest absolute Gasteiger partial charge is 0.756 e. The SMILES string of the molecule is CCCCCCCCCCC/C=C/C(OC(=O)CCCCCCCCCCCCCCC)C(COP(=O)([O-])OCC[N+](C)(C)C)NC(=O)CCCCCCCCCCCCCCCCCCC. The molecule has 0 heterocycles. The van der Waals surface area contributed by atoms with Crippen LogP contribution in [0, 0.1) is 0 Å². The number of amides is 1. The molecule has 398 valence electrons. The molecular formula is C57H113N2O7P. The van der Waals surface area contributed by atoms with E-state index in [-0.39, 0.29) is 31.5 Å². The van der Waals surface area contributed by atoms with Gasteiger partial charge in [-0.05, 0) is 31.8 Å². The number of phosphoric acid groups is 1. The standard InChI is InChI=1S/C57H113N2O7P/c1-7-10-13-16-19-22-25-27-28-29-30-32-34-37-40-43-46-49-56(60)58-54(53-65-67(62,63)64-52-51-59(4,5)6)55(48-45-42-39-36-33-24-21-18-15-12-9-3)66-57(61)50-47-44-41-38-35-31-26-23-20-17-14-11-8-2/h45,48,54-55H,7-44,46-47,49-53H2,1-6H3,(H-,58,60,62,63)/b48-45+. The summed E-state index contributed by atoms with van der Waals surface area (Å²) < 4.78 is 30.2. The van der Waals surface area contributed by atoms with Crippen molar-refractivity contribution >= 4 is 19.7 Å². The molecule has 0 aromatic rings. The molecule has 3 unspecified atom stereocenters. The Kier molecular flexibility index (Phi) is 47.5. The molecule has 0 aliphatic heterocycles. The summed E-state index contributed by atoms with van der Waals surface area (Å²) in [7, 11) is 1.20. The van der Waals surface area contributed by atoms with E-state index in [1.54, 1.807) is 0 Å². The maximum Gasteiger partial charge on any atom is 0.306 e. The molecule has 0 radical (unpaired) electrons. The lowest BCUT2D eigenvalue weighted by Crippen LogP contribution is -2.47. The summed E-state index contributed by atoms with van der Waals surface area (Å²) in [5.74, 6) is -0.524. The fourth-order valence-corrected chi connectivity index (χ4v) is 9.42. The minimum Gasteiger partial charge on any atom is -0.756 e. The smallest absolute Gasteiger partial charge is 0.306 e. The molecule has 67 heavy (non-hydrogen) atoms. The highest BCUT2D eigenvalue weighted by Gasteiger charge is 2.27. The Morgan fingerprint density at radius 3 is 1.22 bits per heavy atom. The number of rotatable bonds is 53. The molecule has 1 N–H and O–H groups in total. The zero-order valence-corrected chi connectivity index (χ0v) is 46.3. The molecule has 9 nitrogen and oxygen atoms in total. The Bertz CT molecular complexity index is 1160. The van der Waals surface area contributed by atoms with E-state index in [0.717, 1.165) is 57.8 Å². The topological polar surface area (TPSA) is 114 Å². The van der Waals surface area contributed by atoms with E-state index in [2.05, 4.69) is 26.1 Å². The number of nitrogens with zero attached hydrogens (tertiary/aromatic N) is 1. The molecule has 10 heteroatoms. The Morgan fingerprint density at radius 1 is 0.507 bits per heavy atom. The third-order valence-electron chi connectivity index (χ3n) is 13.2. The molecule has 0 aromatic carbocycles. The summed E-state index contributed by atoms with van der Waals surface area (Å²) in [6, 6.07) is -0.877. The fraction of sp³-hybridized carbons (Fsp3) is 0.930. The van der Waals surface area contributed by atoms with Gasteiger partial charge in [0.2, 0.25) is 5.91 Å². The van der Waals surface area contributed by atoms with Crippen molar-refractivity contribution in [3.63, 3.8) is 0 Å². The van der Waals surface area contributed by atoms with Crippen molar-refractivity contribution in [1.82, 2.24) is 5.32 Å². The second-order valence-electron chi connectivity index (χ2n) is 21.2. The van der Waals surface area contributed by atoms with Crippen LogP contribution < -0.4 is 10.2 Å². The lowest BCUT2D eigenvalue weighted by Gasteiger charge is -2.30. The van der Waals surface area contributed by atoms with Crippen LogP contribution in [0.4, 0.5) is 0 Å².